The Morgan fingerprint density at radius 1 is 0.909 bits per heavy atom. The number of hydrogen-bond donors (Lipinski definition) is 2. The molecule has 22 heavy (non-hydrogen) atoms. The highest BCUT2D eigenvalue weighted by Gasteiger charge is 2.03. The van der Waals surface area contributed by atoms with E-state index in [1.807, 2.05) is 18.2 Å². The van der Waals surface area contributed by atoms with Crippen LogP contribution in [0.15, 0.2) is 42.5 Å². The number of amides is 2. The first kappa shape index (κ1) is 16.9. The van der Waals surface area contributed by atoms with Crippen molar-refractivity contribution in [2.75, 3.05) is 6.54 Å². The maximum absolute atomic E-state index is 11.7. The SMILES string of the molecule is O=C(NCCc1ccc(Cl)cc1Cl)NCc1ccc(Cl)cc1. The highest BCUT2D eigenvalue weighted by Crippen LogP contribution is 2.21. The fraction of sp³-hybridized carbons (Fsp3) is 0.188. The third-order valence-corrected chi connectivity index (χ3v) is 3.90. The molecule has 0 radical (unpaired) electrons. The molecule has 0 aliphatic rings. The van der Waals surface area contributed by atoms with Crippen molar-refractivity contribution < 1.29 is 4.79 Å². The van der Waals surface area contributed by atoms with E-state index in [0.29, 0.717) is 34.6 Å². The lowest BCUT2D eigenvalue weighted by molar-refractivity contribution is 0.240. The number of halogens is 3. The third-order valence-electron chi connectivity index (χ3n) is 3.06. The molecule has 0 atom stereocenters. The van der Waals surface area contributed by atoms with Crippen LogP contribution < -0.4 is 10.6 Å². The monoisotopic (exact) mass is 356 g/mol. The van der Waals surface area contributed by atoms with Gasteiger partial charge in [-0.15, -0.1) is 0 Å². The second-order valence-electron chi connectivity index (χ2n) is 4.72. The summed E-state index contributed by atoms with van der Waals surface area (Å²) in [6.07, 6.45) is 0.643. The van der Waals surface area contributed by atoms with E-state index < -0.39 is 0 Å². The molecule has 2 amide bonds. The average molecular weight is 358 g/mol. The van der Waals surface area contributed by atoms with Gasteiger partial charge in [0.15, 0.2) is 0 Å². The number of carbonyl (C=O) groups excluding carboxylic acids is 1. The van der Waals surface area contributed by atoms with Gasteiger partial charge < -0.3 is 10.6 Å². The molecule has 116 valence electrons. The summed E-state index contributed by atoms with van der Waals surface area (Å²) in [6.45, 7) is 0.943. The molecule has 0 saturated carbocycles. The molecule has 0 aliphatic carbocycles. The molecule has 2 aromatic rings. The Balaban J connectivity index is 1.72. The lowest BCUT2D eigenvalue weighted by atomic mass is 10.1. The normalized spacial score (nSPS) is 10.3. The molecule has 0 aromatic heterocycles. The van der Waals surface area contributed by atoms with Gasteiger partial charge in [-0.25, -0.2) is 4.79 Å². The van der Waals surface area contributed by atoms with Crippen molar-refractivity contribution in [3.05, 3.63) is 68.7 Å². The fourth-order valence-electron chi connectivity index (χ4n) is 1.88. The zero-order chi connectivity index (χ0) is 15.9. The number of nitrogens with one attached hydrogen (secondary N) is 2. The minimum atomic E-state index is -0.222. The van der Waals surface area contributed by atoms with Gasteiger partial charge in [-0.2, -0.15) is 0 Å². The second-order valence-corrected chi connectivity index (χ2v) is 6.00. The van der Waals surface area contributed by atoms with E-state index in [1.54, 1.807) is 24.3 Å². The van der Waals surface area contributed by atoms with Crippen LogP contribution >= 0.6 is 34.8 Å². The first-order valence-corrected chi connectivity index (χ1v) is 7.88. The minimum Gasteiger partial charge on any atom is -0.338 e. The predicted octanol–water partition coefficient (Wildman–Crippen LogP) is 4.69. The Kier molecular flexibility index (Phi) is 6.37. The summed E-state index contributed by atoms with van der Waals surface area (Å²) in [6, 6.07) is 12.4. The molecule has 2 N–H and O–H groups in total. The summed E-state index contributed by atoms with van der Waals surface area (Å²) < 4.78 is 0. The van der Waals surface area contributed by atoms with E-state index in [0.717, 1.165) is 11.1 Å². The molecular weight excluding hydrogens is 343 g/mol. The maximum atomic E-state index is 11.7. The van der Waals surface area contributed by atoms with E-state index >= 15 is 0 Å². The topological polar surface area (TPSA) is 41.1 Å². The quantitative estimate of drug-likeness (QED) is 0.801. The molecule has 6 heteroatoms. The molecular formula is C16H15Cl3N2O. The summed E-state index contributed by atoms with van der Waals surface area (Å²) >= 11 is 17.7. The molecule has 0 spiro atoms. The third kappa shape index (κ3) is 5.41. The van der Waals surface area contributed by atoms with Gasteiger partial charge in [0.2, 0.25) is 0 Å². The van der Waals surface area contributed by atoms with Crippen LogP contribution in [-0.4, -0.2) is 12.6 Å². The van der Waals surface area contributed by atoms with Crippen LogP contribution in [0.3, 0.4) is 0 Å². The molecule has 2 rings (SSSR count). The lowest BCUT2D eigenvalue weighted by Gasteiger charge is -2.09. The smallest absolute Gasteiger partial charge is 0.315 e. The number of carbonyl (C=O) groups is 1. The van der Waals surface area contributed by atoms with Crippen molar-refractivity contribution in [2.45, 2.75) is 13.0 Å². The van der Waals surface area contributed by atoms with Crippen molar-refractivity contribution in [2.24, 2.45) is 0 Å². The summed E-state index contributed by atoms with van der Waals surface area (Å²) in [5.74, 6) is 0. The average Bonchev–Trinajstić information content (AvgIpc) is 2.49. The van der Waals surface area contributed by atoms with Crippen molar-refractivity contribution in [3.63, 3.8) is 0 Å². The standard InChI is InChI=1S/C16H15Cl3N2O/c17-13-4-1-11(2-5-13)10-21-16(22)20-8-7-12-3-6-14(18)9-15(12)19/h1-6,9H,7-8,10H2,(H2,20,21,22). The van der Waals surface area contributed by atoms with Crippen LogP contribution in [0.1, 0.15) is 11.1 Å². The first-order chi connectivity index (χ1) is 10.5. The van der Waals surface area contributed by atoms with Crippen molar-refractivity contribution in [3.8, 4) is 0 Å². The van der Waals surface area contributed by atoms with Gasteiger partial charge in [0, 0.05) is 28.2 Å². The van der Waals surface area contributed by atoms with Crippen LogP contribution in [0.25, 0.3) is 0 Å². The molecule has 0 aliphatic heterocycles. The van der Waals surface area contributed by atoms with Crippen LogP contribution in [0.4, 0.5) is 4.79 Å². The van der Waals surface area contributed by atoms with Crippen LogP contribution in [0.2, 0.25) is 15.1 Å². The molecule has 2 aromatic carbocycles. The van der Waals surface area contributed by atoms with Crippen molar-refractivity contribution in [1.29, 1.82) is 0 Å². The minimum absolute atomic E-state index is 0.222. The zero-order valence-electron chi connectivity index (χ0n) is 11.7. The fourth-order valence-corrected chi connectivity index (χ4v) is 2.51. The number of hydrogen-bond acceptors (Lipinski definition) is 1. The number of benzene rings is 2. The van der Waals surface area contributed by atoms with E-state index in [1.165, 1.54) is 0 Å². The molecule has 0 saturated heterocycles. The van der Waals surface area contributed by atoms with E-state index in [4.69, 9.17) is 34.8 Å². The Morgan fingerprint density at radius 2 is 1.59 bits per heavy atom. The molecule has 3 nitrogen and oxygen atoms in total. The summed E-state index contributed by atoms with van der Waals surface area (Å²) in [4.78, 5) is 11.7. The Morgan fingerprint density at radius 3 is 2.27 bits per heavy atom. The lowest BCUT2D eigenvalue weighted by Crippen LogP contribution is -2.36. The second kappa shape index (κ2) is 8.28. The molecule has 0 bridgehead atoms. The summed E-state index contributed by atoms with van der Waals surface area (Å²) in [7, 11) is 0. The van der Waals surface area contributed by atoms with Crippen LogP contribution in [0.5, 0.6) is 0 Å². The van der Waals surface area contributed by atoms with Gasteiger partial charge in [0.05, 0.1) is 0 Å². The Bertz CT molecular complexity index is 644. The number of rotatable bonds is 5. The summed E-state index contributed by atoms with van der Waals surface area (Å²) in [5.41, 5.74) is 1.93. The zero-order valence-corrected chi connectivity index (χ0v) is 14.0. The Labute approximate surface area is 144 Å². The van der Waals surface area contributed by atoms with E-state index in [-0.39, 0.29) is 6.03 Å². The predicted molar refractivity (Wildman–Crippen MR) is 91.9 cm³/mol. The van der Waals surface area contributed by atoms with Crippen molar-refractivity contribution >= 4 is 40.8 Å². The first-order valence-electron chi connectivity index (χ1n) is 6.74. The molecule has 0 unspecified atom stereocenters. The van der Waals surface area contributed by atoms with Gasteiger partial charge in [-0.3, -0.25) is 0 Å². The van der Waals surface area contributed by atoms with Gasteiger partial charge in [-0.05, 0) is 41.8 Å². The van der Waals surface area contributed by atoms with E-state index in [9.17, 15) is 4.79 Å². The van der Waals surface area contributed by atoms with Gasteiger partial charge in [0.25, 0.3) is 0 Å². The van der Waals surface area contributed by atoms with Gasteiger partial charge >= 0.3 is 6.03 Å². The Hall–Kier alpha value is -1.42. The van der Waals surface area contributed by atoms with Crippen LogP contribution in [0, 0.1) is 0 Å². The number of urea groups is 1. The van der Waals surface area contributed by atoms with E-state index in [2.05, 4.69) is 10.6 Å². The maximum Gasteiger partial charge on any atom is 0.315 e. The molecule has 0 heterocycles. The van der Waals surface area contributed by atoms with Crippen molar-refractivity contribution in [1.82, 2.24) is 10.6 Å². The summed E-state index contributed by atoms with van der Waals surface area (Å²) in [5, 5.41) is 7.45. The van der Waals surface area contributed by atoms with Gasteiger partial charge in [-0.1, -0.05) is 53.0 Å². The molecule has 0 fully saturated rings. The van der Waals surface area contributed by atoms with Gasteiger partial charge in [0.1, 0.15) is 0 Å². The highest BCUT2D eigenvalue weighted by atomic mass is 35.5. The highest BCUT2D eigenvalue weighted by molar-refractivity contribution is 6.35. The largest absolute Gasteiger partial charge is 0.338 e. The van der Waals surface area contributed by atoms with Crippen LogP contribution in [-0.2, 0) is 13.0 Å².